The van der Waals surface area contributed by atoms with Gasteiger partial charge < -0.3 is 20.5 Å². The van der Waals surface area contributed by atoms with Crippen molar-refractivity contribution in [2.75, 3.05) is 19.5 Å². The van der Waals surface area contributed by atoms with E-state index in [0.29, 0.717) is 23.7 Å². The molecular weight excluding hydrogens is 312 g/mol. The quantitative estimate of drug-likeness (QED) is 0.364. The van der Waals surface area contributed by atoms with E-state index in [2.05, 4.69) is 10.3 Å². The number of nitrogens with two attached hydrogens (primary N) is 1. The van der Waals surface area contributed by atoms with Crippen molar-refractivity contribution in [1.82, 2.24) is 0 Å². The molecule has 0 saturated carbocycles. The van der Waals surface area contributed by atoms with Crippen molar-refractivity contribution < 1.29 is 14.4 Å². The lowest BCUT2D eigenvalue weighted by molar-refractivity contribution is -0.384. The van der Waals surface area contributed by atoms with E-state index in [9.17, 15) is 10.1 Å². The van der Waals surface area contributed by atoms with Gasteiger partial charge in [0.25, 0.3) is 5.69 Å². The highest BCUT2D eigenvalue weighted by atomic mass is 16.6. The Morgan fingerprint density at radius 3 is 2.42 bits per heavy atom. The number of aliphatic imine (C=N–C) groups is 1. The molecule has 2 aromatic carbocycles. The van der Waals surface area contributed by atoms with Gasteiger partial charge in [-0.3, -0.25) is 10.1 Å². The van der Waals surface area contributed by atoms with Crippen molar-refractivity contribution in [3.05, 3.63) is 58.1 Å². The van der Waals surface area contributed by atoms with Crippen LogP contribution in [0.5, 0.6) is 11.5 Å². The molecule has 0 bridgehead atoms. The van der Waals surface area contributed by atoms with Crippen LogP contribution < -0.4 is 20.5 Å². The standard InChI is InChI=1S/C16H18N4O4/c1-23-14-8-5-12(9-15(14)24-2)19-16(17)18-10-11-3-6-13(7-4-11)20(21)22/h3-9H,10H2,1-2H3,(H3,17,18,19). The number of nitrogens with zero attached hydrogens (tertiary/aromatic N) is 2. The van der Waals surface area contributed by atoms with Gasteiger partial charge in [-0.15, -0.1) is 0 Å². The summed E-state index contributed by atoms with van der Waals surface area (Å²) in [5.41, 5.74) is 7.42. The summed E-state index contributed by atoms with van der Waals surface area (Å²) in [7, 11) is 3.11. The van der Waals surface area contributed by atoms with Crippen LogP contribution in [0.2, 0.25) is 0 Å². The van der Waals surface area contributed by atoms with Gasteiger partial charge in [0.2, 0.25) is 0 Å². The van der Waals surface area contributed by atoms with Gasteiger partial charge in [-0.1, -0.05) is 12.1 Å². The lowest BCUT2D eigenvalue weighted by atomic mass is 10.2. The third kappa shape index (κ3) is 4.35. The van der Waals surface area contributed by atoms with E-state index in [1.54, 1.807) is 44.6 Å². The summed E-state index contributed by atoms with van der Waals surface area (Å²) in [5.74, 6) is 1.41. The van der Waals surface area contributed by atoms with E-state index in [1.165, 1.54) is 12.1 Å². The highest BCUT2D eigenvalue weighted by molar-refractivity contribution is 5.92. The zero-order valence-electron chi connectivity index (χ0n) is 13.4. The zero-order chi connectivity index (χ0) is 17.5. The van der Waals surface area contributed by atoms with E-state index >= 15 is 0 Å². The normalized spacial score (nSPS) is 11.0. The summed E-state index contributed by atoms with van der Waals surface area (Å²) in [6.45, 7) is 0.310. The minimum absolute atomic E-state index is 0.0409. The Morgan fingerprint density at radius 2 is 1.83 bits per heavy atom. The molecule has 126 valence electrons. The van der Waals surface area contributed by atoms with Crippen LogP contribution in [-0.2, 0) is 6.54 Å². The number of nitrogens with one attached hydrogen (secondary N) is 1. The second-order valence-corrected chi connectivity index (χ2v) is 4.82. The molecule has 0 radical (unpaired) electrons. The van der Waals surface area contributed by atoms with Crippen LogP contribution in [0, 0.1) is 10.1 Å². The van der Waals surface area contributed by atoms with Gasteiger partial charge in [0.1, 0.15) is 0 Å². The molecule has 0 heterocycles. The predicted molar refractivity (Wildman–Crippen MR) is 91.6 cm³/mol. The minimum atomic E-state index is -0.444. The van der Waals surface area contributed by atoms with Crippen LogP contribution >= 0.6 is 0 Å². The van der Waals surface area contributed by atoms with Crippen molar-refractivity contribution in [2.24, 2.45) is 10.7 Å². The summed E-state index contributed by atoms with van der Waals surface area (Å²) in [6, 6.07) is 11.4. The average molecular weight is 330 g/mol. The fraction of sp³-hybridized carbons (Fsp3) is 0.188. The van der Waals surface area contributed by atoms with Crippen LogP contribution in [0.3, 0.4) is 0 Å². The van der Waals surface area contributed by atoms with Crippen LogP contribution in [-0.4, -0.2) is 25.1 Å². The Labute approximate surface area is 139 Å². The molecule has 0 amide bonds. The number of ether oxygens (including phenoxy) is 2. The molecule has 0 spiro atoms. The molecule has 0 aliphatic rings. The molecular formula is C16H18N4O4. The molecule has 2 aromatic rings. The number of rotatable bonds is 6. The van der Waals surface area contributed by atoms with Crippen molar-refractivity contribution in [3.8, 4) is 11.5 Å². The van der Waals surface area contributed by atoms with Gasteiger partial charge in [-0.2, -0.15) is 0 Å². The molecule has 2 rings (SSSR count). The Balaban J connectivity index is 2.02. The summed E-state index contributed by atoms with van der Waals surface area (Å²) >= 11 is 0. The van der Waals surface area contributed by atoms with E-state index in [4.69, 9.17) is 15.2 Å². The zero-order valence-corrected chi connectivity index (χ0v) is 13.4. The average Bonchev–Trinajstić information content (AvgIpc) is 2.60. The van der Waals surface area contributed by atoms with Gasteiger partial charge >= 0.3 is 0 Å². The molecule has 0 aromatic heterocycles. The number of anilines is 1. The van der Waals surface area contributed by atoms with E-state index in [0.717, 1.165) is 5.56 Å². The van der Waals surface area contributed by atoms with E-state index < -0.39 is 4.92 Å². The topological polar surface area (TPSA) is 112 Å². The first-order valence-corrected chi connectivity index (χ1v) is 7.05. The SMILES string of the molecule is COc1ccc(NC(N)=NCc2ccc([N+](=O)[O-])cc2)cc1OC. The van der Waals surface area contributed by atoms with Crippen molar-refractivity contribution in [2.45, 2.75) is 6.54 Å². The number of hydrogen-bond donors (Lipinski definition) is 2. The first kappa shape index (κ1) is 17.1. The second kappa shape index (κ2) is 7.82. The third-order valence-corrected chi connectivity index (χ3v) is 3.24. The monoisotopic (exact) mass is 330 g/mol. The molecule has 0 aliphatic carbocycles. The van der Waals surface area contributed by atoms with Crippen molar-refractivity contribution in [1.29, 1.82) is 0 Å². The highest BCUT2D eigenvalue weighted by Crippen LogP contribution is 2.29. The number of hydrogen-bond acceptors (Lipinski definition) is 5. The van der Waals surface area contributed by atoms with Crippen LogP contribution in [0.4, 0.5) is 11.4 Å². The predicted octanol–water partition coefficient (Wildman–Crippen LogP) is 2.54. The third-order valence-electron chi connectivity index (χ3n) is 3.24. The number of non-ortho nitro benzene ring substituents is 1. The summed E-state index contributed by atoms with van der Waals surface area (Å²) in [5, 5.41) is 13.6. The Kier molecular flexibility index (Phi) is 5.56. The van der Waals surface area contributed by atoms with E-state index in [1.807, 2.05) is 0 Å². The number of methoxy groups -OCH3 is 2. The fourth-order valence-electron chi connectivity index (χ4n) is 2.00. The second-order valence-electron chi connectivity index (χ2n) is 4.82. The number of nitro groups is 1. The fourth-order valence-corrected chi connectivity index (χ4v) is 2.00. The first-order chi connectivity index (χ1) is 11.5. The van der Waals surface area contributed by atoms with Gasteiger partial charge in [0.15, 0.2) is 17.5 Å². The van der Waals surface area contributed by atoms with Crippen molar-refractivity contribution in [3.63, 3.8) is 0 Å². The highest BCUT2D eigenvalue weighted by Gasteiger charge is 2.06. The summed E-state index contributed by atoms with van der Waals surface area (Å²) in [6.07, 6.45) is 0. The summed E-state index contributed by atoms with van der Waals surface area (Å²) < 4.78 is 10.4. The first-order valence-electron chi connectivity index (χ1n) is 7.05. The van der Waals surface area contributed by atoms with Gasteiger partial charge in [-0.25, -0.2) is 4.99 Å². The molecule has 8 nitrogen and oxygen atoms in total. The molecule has 8 heteroatoms. The molecule has 0 aliphatic heterocycles. The van der Waals surface area contributed by atoms with Crippen LogP contribution in [0.1, 0.15) is 5.56 Å². The molecule has 0 unspecified atom stereocenters. The lowest BCUT2D eigenvalue weighted by Crippen LogP contribution is -2.22. The van der Waals surface area contributed by atoms with Crippen LogP contribution in [0.25, 0.3) is 0 Å². The Hall–Kier alpha value is -3.29. The number of benzene rings is 2. The van der Waals surface area contributed by atoms with E-state index in [-0.39, 0.29) is 11.6 Å². The van der Waals surface area contributed by atoms with Gasteiger partial charge in [0.05, 0.1) is 25.7 Å². The molecule has 3 N–H and O–H groups in total. The smallest absolute Gasteiger partial charge is 0.269 e. The lowest BCUT2D eigenvalue weighted by Gasteiger charge is -2.10. The van der Waals surface area contributed by atoms with Gasteiger partial charge in [0, 0.05) is 23.9 Å². The molecule has 24 heavy (non-hydrogen) atoms. The number of guanidine groups is 1. The Bertz CT molecular complexity index is 744. The largest absolute Gasteiger partial charge is 0.493 e. The molecule has 0 saturated heterocycles. The van der Waals surface area contributed by atoms with Gasteiger partial charge in [-0.05, 0) is 17.7 Å². The molecule has 0 fully saturated rings. The minimum Gasteiger partial charge on any atom is -0.493 e. The maximum Gasteiger partial charge on any atom is 0.269 e. The maximum atomic E-state index is 10.6. The Morgan fingerprint density at radius 1 is 1.17 bits per heavy atom. The molecule has 0 atom stereocenters. The summed E-state index contributed by atoms with van der Waals surface area (Å²) in [4.78, 5) is 14.4. The maximum absolute atomic E-state index is 10.6. The van der Waals surface area contributed by atoms with Crippen LogP contribution in [0.15, 0.2) is 47.5 Å². The number of nitro benzene ring substituents is 1. The van der Waals surface area contributed by atoms with Crippen molar-refractivity contribution >= 4 is 17.3 Å².